The third-order valence-electron chi connectivity index (χ3n) is 2.12. The number of benzene rings is 1. The van der Waals surface area contributed by atoms with Gasteiger partial charge >= 0.3 is 0 Å². The minimum absolute atomic E-state index is 0.0647. The van der Waals surface area contributed by atoms with Crippen LogP contribution in [-0.4, -0.2) is 19.5 Å². The SMILES string of the molecule is CN1C(=O)CNc2cc(Cl)ccc21. The topological polar surface area (TPSA) is 32.3 Å². The third kappa shape index (κ3) is 1.35. The van der Waals surface area contributed by atoms with E-state index in [1.807, 2.05) is 12.1 Å². The summed E-state index contributed by atoms with van der Waals surface area (Å²) in [5, 5.41) is 3.68. The Bertz CT molecular complexity index is 365. The van der Waals surface area contributed by atoms with Crippen molar-refractivity contribution in [3.05, 3.63) is 23.2 Å². The summed E-state index contributed by atoms with van der Waals surface area (Å²) >= 11 is 5.82. The average Bonchev–Trinajstić information content (AvgIpc) is 2.12. The van der Waals surface area contributed by atoms with Gasteiger partial charge in [0.2, 0.25) is 5.91 Å². The number of nitrogens with one attached hydrogen (secondary N) is 1. The molecular weight excluding hydrogens is 188 g/mol. The van der Waals surface area contributed by atoms with Gasteiger partial charge in [-0.05, 0) is 18.2 Å². The van der Waals surface area contributed by atoms with Gasteiger partial charge in [-0.3, -0.25) is 4.79 Å². The number of hydrogen-bond donors (Lipinski definition) is 1. The molecule has 0 saturated carbocycles. The van der Waals surface area contributed by atoms with Crippen molar-refractivity contribution in [2.45, 2.75) is 0 Å². The van der Waals surface area contributed by atoms with Crippen LogP contribution in [-0.2, 0) is 4.79 Å². The van der Waals surface area contributed by atoms with E-state index >= 15 is 0 Å². The fraction of sp³-hybridized carbons (Fsp3) is 0.222. The summed E-state index contributed by atoms with van der Waals surface area (Å²) in [5.74, 6) is 0.0647. The summed E-state index contributed by atoms with van der Waals surface area (Å²) in [6, 6.07) is 5.43. The van der Waals surface area contributed by atoms with Gasteiger partial charge in [0.25, 0.3) is 0 Å². The van der Waals surface area contributed by atoms with E-state index in [0.29, 0.717) is 11.6 Å². The zero-order valence-electron chi connectivity index (χ0n) is 7.17. The largest absolute Gasteiger partial charge is 0.374 e. The van der Waals surface area contributed by atoms with Crippen LogP contribution in [0.3, 0.4) is 0 Å². The molecule has 1 aliphatic heterocycles. The van der Waals surface area contributed by atoms with Crippen LogP contribution in [0.15, 0.2) is 18.2 Å². The van der Waals surface area contributed by atoms with Gasteiger partial charge in [0.05, 0.1) is 17.9 Å². The number of amides is 1. The maximum absolute atomic E-state index is 11.3. The maximum atomic E-state index is 11.3. The third-order valence-corrected chi connectivity index (χ3v) is 2.36. The lowest BCUT2D eigenvalue weighted by molar-refractivity contribution is -0.116. The molecule has 1 aromatic carbocycles. The van der Waals surface area contributed by atoms with E-state index in [2.05, 4.69) is 5.32 Å². The van der Waals surface area contributed by atoms with E-state index < -0.39 is 0 Å². The van der Waals surface area contributed by atoms with E-state index in [4.69, 9.17) is 11.6 Å². The number of carbonyl (C=O) groups is 1. The van der Waals surface area contributed by atoms with E-state index in [0.717, 1.165) is 11.4 Å². The molecule has 1 amide bonds. The molecule has 68 valence electrons. The number of nitrogens with zero attached hydrogens (tertiary/aromatic N) is 1. The molecule has 1 aromatic rings. The Labute approximate surface area is 81.3 Å². The Kier molecular flexibility index (Phi) is 1.88. The molecule has 0 atom stereocenters. The Hall–Kier alpha value is -1.22. The standard InChI is InChI=1S/C9H9ClN2O/c1-12-8-3-2-6(10)4-7(8)11-5-9(12)13/h2-4,11H,5H2,1H3. The summed E-state index contributed by atoms with van der Waals surface area (Å²) in [6.07, 6.45) is 0. The van der Waals surface area contributed by atoms with Crippen LogP contribution in [0.4, 0.5) is 11.4 Å². The zero-order chi connectivity index (χ0) is 9.42. The van der Waals surface area contributed by atoms with E-state index in [9.17, 15) is 4.79 Å². The molecule has 0 spiro atoms. The van der Waals surface area contributed by atoms with Gasteiger partial charge in [-0.15, -0.1) is 0 Å². The van der Waals surface area contributed by atoms with Crippen molar-refractivity contribution >= 4 is 28.9 Å². The highest BCUT2D eigenvalue weighted by molar-refractivity contribution is 6.31. The number of carbonyl (C=O) groups excluding carboxylic acids is 1. The van der Waals surface area contributed by atoms with Crippen molar-refractivity contribution in [2.24, 2.45) is 0 Å². The molecule has 1 heterocycles. The molecule has 4 heteroatoms. The minimum Gasteiger partial charge on any atom is -0.374 e. The lowest BCUT2D eigenvalue weighted by Gasteiger charge is -2.26. The highest BCUT2D eigenvalue weighted by Crippen LogP contribution is 2.30. The summed E-state index contributed by atoms with van der Waals surface area (Å²) < 4.78 is 0. The lowest BCUT2D eigenvalue weighted by atomic mass is 10.2. The predicted octanol–water partition coefficient (Wildman–Crippen LogP) is 1.73. The van der Waals surface area contributed by atoms with Crippen molar-refractivity contribution in [1.82, 2.24) is 0 Å². The van der Waals surface area contributed by atoms with E-state index in [-0.39, 0.29) is 5.91 Å². The fourth-order valence-electron chi connectivity index (χ4n) is 1.37. The van der Waals surface area contributed by atoms with Crippen molar-refractivity contribution < 1.29 is 4.79 Å². The van der Waals surface area contributed by atoms with Gasteiger partial charge in [0.1, 0.15) is 0 Å². The van der Waals surface area contributed by atoms with Gasteiger partial charge in [-0.1, -0.05) is 11.6 Å². The van der Waals surface area contributed by atoms with Gasteiger partial charge < -0.3 is 10.2 Å². The van der Waals surface area contributed by atoms with Crippen LogP contribution >= 0.6 is 11.6 Å². The monoisotopic (exact) mass is 196 g/mol. The van der Waals surface area contributed by atoms with E-state index in [1.165, 1.54) is 0 Å². The second-order valence-electron chi connectivity index (χ2n) is 2.97. The van der Waals surface area contributed by atoms with Crippen LogP contribution < -0.4 is 10.2 Å². The second-order valence-corrected chi connectivity index (χ2v) is 3.40. The molecule has 0 radical (unpaired) electrons. The Balaban J connectivity index is 2.49. The molecule has 3 nitrogen and oxygen atoms in total. The van der Waals surface area contributed by atoms with Gasteiger partial charge in [0, 0.05) is 12.1 Å². The number of rotatable bonds is 0. The molecule has 0 bridgehead atoms. The smallest absolute Gasteiger partial charge is 0.246 e. The number of anilines is 2. The highest BCUT2D eigenvalue weighted by Gasteiger charge is 2.19. The minimum atomic E-state index is 0.0647. The molecule has 0 saturated heterocycles. The van der Waals surface area contributed by atoms with Crippen LogP contribution in [0.5, 0.6) is 0 Å². The van der Waals surface area contributed by atoms with E-state index in [1.54, 1.807) is 18.0 Å². The first-order chi connectivity index (χ1) is 6.18. The Morgan fingerprint density at radius 1 is 1.54 bits per heavy atom. The molecule has 0 aromatic heterocycles. The van der Waals surface area contributed by atoms with Gasteiger partial charge in [-0.25, -0.2) is 0 Å². The summed E-state index contributed by atoms with van der Waals surface area (Å²) in [6.45, 7) is 0.337. The zero-order valence-corrected chi connectivity index (χ0v) is 7.93. The first kappa shape index (κ1) is 8.38. The summed E-state index contributed by atoms with van der Waals surface area (Å²) in [5.41, 5.74) is 1.79. The number of likely N-dealkylation sites (N-methyl/N-ethyl adjacent to an activating group) is 1. The molecule has 1 aliphatic rings. The Morgan fingerprint density at radius 2 is 2.31 bits per heavy atom. The molecular formula is C9H9ClN2O. The summed E-state index contributed by atoms with van der Waals surface area (Å²) in [4.78, 5) is 12.9. The molecule has 0 unspecified atom stereocenters. The highest BCUT2D eigenvalue weighted by atomic mass is 35.5. The molecule has 0 aliphatic carbocycles. The number of halogens is 1. The lowest BCUT2D eigenvalue weighted by Crippen LogP contribution is -2.36. The van der Waals surface area contributed by atoms with Crippen LogP contribution in [0.2, 0.25) is 5.02 Å². The molecule has 2 rings (SSSR count). The summed E-state index contributed by atoms with van der Waals surface area (Å²) in [7, 11) is 1.76. The van der Waals surface area contributed by atoms with Gasteiger partial charge in [-0.2, -0.15) is 0 Å². The van der Waals surface area contributed by atoms with Crippen molar-refractivity contribution in [3.63, 3.8) is 0 Å². The fourth-order valence-corrected chi connectivity index (χ4v) is 1.54. The predicted molar refractivity (Wildman–Crippen MR) is 53.4 cm³/mol. The second kappa shape index (κ2) is 2.92. The average molecular weight is 197 g/mol. The van der Waals surface area contributed by atoms with Crippen molar-refractivity contribution in [3.8, 4) is 0 Å². The molecule has 1 N–H and O–H groups in total. The van der Waals surface area contributed by atoms with Crippen LogP contribution in [0.1, 0.15) is 0 Å². The maximum Gasteiger partial charge on any atom is 0.246 e. The first-order valence-electron chi connectivity index (χ1n) is 3.98. The van der Waals surface area contributed by atoms with Crippen LogP contribution in [0.25, 0.3) is 0 Å². The molecule has 13 heavy (non-hydrogen) atoms. The quantitative estimate of drug-likeness (QED) is 0.686. The van der Waals surface area contributed by atoms with Crippen LogP contribution in [0, 0.1) is 0 Å². The van der Waals surface area contributed by atoms with Crippen molar-refractivity contribution in [1.29, 1.82) is 0 Å². The Morgan fingerprint density at radius 3 is 3.08 bits per heavy atom. The number of fused-ring (bicyclic) bond motifs is 1. The molecule has 0 fully saturated rings. The number of hydrogen-bond acceptors (Lipinski definition) is 2. The normalized spacial score (nSPS) is 15.2. The van der Waals surface area contributed by atoms with Crippen molar-refractivity contribution in [2.75, 3.05) is 23.8 Å². The first-order valence-corrected chi connectivity index (χ1v) is 4.36. The van der Waals surface area contributed by atoms with Gasteiger partial charge in [0.15, 0.2) is 0 Å².